The molecule has 1 N–H and O–H groups in total. The van der Waals surface area contributed by atoms with Crippen LogP contribution in [0.5, 0.6) is 11.5 Å². The summed E-state index contributed by atoms with van der Waals surface area (Å²) in [7, 11) is 0. The van der Waals surface area contributed by atoms with Crippen LogP contribution in [0.4, 0.5) is 5.82 Å². The lowest BCUT2D eigenvalue weighted by Crippen LogP contribution is -2.16. The van der Waals surface area contributed by atoms with Crippen molar-refractivity contribution in [2.24, 2.45) is 0 Å². The molecule has 0 fully saturated rings. The summed E-state index contributed by atoms with van der Waals surface area (Å²) in [4.78, 5) is 17.4. The molecular formula is C19H18N6O3S. The van der Waals surface area contributed by atoms with Crippen LogP contribution in [-0.2, 0) is 6.54 Å². The van der Waals surface area contributed by atoms with Gasteiger partial charge in [-0.25, -0.2) is 4.98 Å². The molecule has 0 saturated carbocycles. The van der Waals surface area contributed by atoms with Crippen LogP contribution in [-0.4, -0.2) is 37.2 Å². The monoisotopic (exact) mass is 410 g/mol. The highest BCUT2D eigenvalue weighted by Gasteiger charge is 2.20. The van der Waals surface area contributed by atoms with Gasteiger partial charge >= 0.3 is 0 Å². The third-order valence-electron chi connectivity index (χ3n) is 4.64. The van der Waals surface area contributed by atoms with Crippen molar-refractivity contribution in [2.45, 2.75) is 27.3 Å². The van der Waals surface area contributed by atoms with Crippen molar-refractivity contribution < 1.29 is 14.3 Å². The van der Waals surface area contributed by atoms with Crippen LogP contribution < -0.4 is 14.8 Å². The van der Waals surface area contributed by atoms with Crippen LogP contribution in [0.2, 0.25) is 0 Å². The third kappa shape index (κ3) is 3.01. The van der Waals surface area contributed by atoms with E-state index in [9.17, 15) is 4.79 Å². The van der Waals surface area contributed by atoms with Crippen molar-refractivity contribution in [3.8, 4) is 16.6 Å². The first-order chi connectivity index (χ1) is 14.0. The molecule has 0 atom stereocenters. The summed E-state index contributed by atoms with van der Waals surface area (Å²) in [5.41, 5.74) is 2.86. The van der Waals surface area contributed by atoms with Gasteiger partial charge in [0.05, 0.1) is 15.9 Å². The zero-order valence-electron chi connectivity index (χ0n) is 16.1. The fraction of sp³-hybridized carbons (Fsp3) is 0.263. The zero-order chi connectivity index (χ0) is 20.1. The molecule has 5 rings (SSSR count). The second-order valence-corrected chi connectivity index (χ2v) is 7.70. The average molecular weight is 410 g/mol. The number of benzene rings is 1. The van der Waals surface area contributed by atoms with Crippen LogP contribution >= 0.6 is 11.3 Å². The second kappa shape index (κ2) is 6.59. The number of thiazole rings is 1. The summed E-state index contributed by atoms with van der Waals surface area (Å²) in [5, 5.41) is 12.4. The van der Waals surface area contributed by atoms with E-state index in [0.717, 1.165) is 21.6 Å². The summed E-state index contributed by atoms with van der Waals surface area (Å²) in [6, 6.07) is 7.34. The Labute approximate surface area is 169 Å². The van der Waals surface area contributed by atoms with Crippen molar-refractivity contribution in [2.75, 3.05) is 12.1 Å². The molecule has 0 spiro atoms. The van der Waals surface area contributed by atoms with E-state index in [2.05, 4.69) is 20.5 Å². The molecule has 9 nitrogen and oxygen atoms in total. The number of anilines is 1. The highest BCUT2D eigenvalue weighted by atomic mass is 32.1. The largest absolute Gasteiger partial charge is 0.454 e. The van der Waals surface area contributed by atoms with Gasteiger partial charge in [0, 0.05) is 30.4 Å². The maximum Gasteiger partial charge on any atom is 0.277 e. The summed E-state index contributed by atoms with van der Waals surface area (Å²) < 4.78 is 15.2. The number of amides is 1. The number of rotatable bonds is 4. The molecule has 4 heterocycles. The third-order valence-corrected chi connectivity index (χ3v) is 5.63. The molecule has 0 unspecified atom stereocenters. The lowest BCUT2D eigenvalue weighted by molar-refractivity contribution is 0.102. The molecule has 29 heavy (non-hydrogen) atoms. The Morgan fingerprint density at radius 2 is 1.97 bits per heavy atom. The summed E-state index contributed by atoms with van der Waals surface area (Å²) >= 11 is 1.46. The Bertz CT molecular complexity index is 1210. The molecule has 1 aliphatic rings. The molecule has 0 bridgehead atoms. The number of carbonyl (C=O) groups excluding carboxylic acids is 1. The summed E-state index contributed by atoms with van der Waals surface area (Å²) in [5.74, 6) is 1.64. The lowest BCUT2D eigenvalue weighted by Gasteiger charge is -2.04. The summed E-state index contributed by atoms with van der Waals surface area (Å²) in [6.07, 6.45) is 0. The minimum absolute atomic E-state index is 0.223. The smallest absolute Gasteiger partial charge is 0.277 e. The van der Waals surface area contributed by atoms with E-state index in [1.54, 1.807) is 21.5 Å². The first-order valence-electron chi connectivity index (χ1n) is 9.15. The van der Waals surface area contributed by atoms with Crippen molar-refractivity contribution in [1.82, 2.24) is 24.5 Å². The van der Waals surface area contributed by atoms with Crippen LogP contribution in [0.1, 0.15) is 28.8 Å². The molecule has 1 aromatic carbocycles. The van der Waals surface area contributed by atoms with E-state index in [0.29, 0.717) is 34.7 Å². The first kappa shape index (κ1) is 17.7. The highest BCUT2D eigenvalue weighted by molar-refractivity contribution is 7.20. The number of ether oxygens (including phenoxy) is 2. The van der Waals surface area contributed by atoms with Gasteiger partial charge in [-0.3, -0.25) is 9.48 Å². The van der Waals surface area contributed by atoms with Gasteiger partial charge in [0.1, 0.15) is 5.82 Å². The van der Waals surface area contributed by atoms with E-state index in [4.69, 9.17) is 9.47 Å². The van der Waals surface area contributed by atoms with Gasteiger partial charge in [-0.2, -0.15) is 14.9 Å². The molecule has 0 saturated heterocycles. The van der Waals surface area contributed by atoms with E-state index in [-0.39, 0.29) is 12.7 Å². The first-order valence-corrected chi connectivity index (χ1v) is 9.96. The molecule has 4 aromatic rings. The Kier molecular flexibility index (Phi) is 4.02. The predicted molar refractivity (Wildman–Crippen MR) is 108 cm³/mol. The Morgan fingerprint density at radius 3 is 2.72 bits per heavy atom. The van der Waals surface area contributed by atoms with Gasteiger partial charge in [-0.05, 0) is 26.8 Å². The molecule has 1 amide bonds. The normalized spacial score (nSPS) is 12.7. The molecule has 0 radical (unpaired) electrons. The molecular weight excluding hydrogens is 392 g/mol. The maximum absolute atomic E-state index is 12.7. The number of aryl methyl sites for hydroxylation is 3. The number of nitrogens with one attached hydrogen (secondary N) is 1. The molecule has 0 aliphatic carbocycles. The average Bonchev–Trinajstić information content (AvgIpc) is 3.44. The quantitative estimate of drug-likeness (QED) is 0.555. The van der Waals surface area contributed by atoms with Gasteiger partial charge in [0.15, 0.2) is 17.2 Å². The Balaban J connectivity index is 1.49. The molecule has 148 valence electrons. The number of carbonyl (C=O) groups is 1. The molecule has 1 aliphatic heterocycles. The second-order valence-electron chi connectivity index (χ2n) is 6.69. The molecule has 10 heteroatoms. The van der Waals surface area contributed by atoms with Crippen molar-refractivity contribution in [3.63, 3.8) is 0 Å². The fourth-order valence-electron chi connectivity index (χ4n) is 3.25. The molecule has 3 aromatic heterocycles. The number of aromatic nitrogens is 5. The predicted octanol–water partition coefficient (Wildman–Crippen LogP) is 3.30. The van der Waals surface area contributed by atoms with Crippen LogP contribution in [0.3, 0.4) is 0 Å². The van der Waals surface area contributed by atoms with Crippen LogP contribution in [0, 0.1) is 13.8 Å². The number of hydrogen-bond acceptors (Lipinski definition) is 7. The number of fused-ring (bicyclic) bond motifs is 2. The van der Waals surface area contributed by atoms with Crippen LogP contribution in [0.25, 0.3) is 15.3 Å². The van der Waals surface area contributed by atoms with Crippen molar-refractivity contribution in [3.05, 3.63) is 41.3 Å². The van der Waals surface area contributed by atoms with Gasteiger partial charge in [0.2, 0.25) is 11.9 Å². The minimum atomic E-state index is -0.289. The minimum Gasteiger partial charge on any atom is -0.454 e. The standard InChI is InChI=1S/C19H18N6O3S/c1-4-24-11(3)6-13(23-24)18(26)21-17-5-10(2)22-25(17)19-20-12-7-14-15(28-9-27-14)8-16(12)29-19/h5-8H,4,9H2,1-3H3,(H,21,26). The van der Waals surface area contributed by atoms with Gasteiger partial charge in [-0.15, -0.1) is 0 Å². The topological polar surface area (TPSA) is 96.1 Å². The fourth-order valence-corrected chi connectivity index (χ4v) is 4.19. The zero-order valence-corrected chi connectivity index (χ0v) is 16.9. The Hall–Kier alpha value is -3.40. The van der Waals surface area contributed by atoms with Crippen molar-refractivity contribution in [1.29, 1.82) is 0 Å². The lowest BCUT2D eigenvalue weighted by atomic mass is 10.3. The Morgan fingerprint density at radius 1 is 1.17 bits per heavy atom. The van der Waals surface area contributed by atoms with Gasteiger partial charge in [0.25, 0.3) is 5.91 Å². The van der Waals surface area contributed by atoms with Gasteiger partial charge < -0.3 is 14.8 Å². The summed E-state index contributed by atoms with van der Waals surface area (Å²) in [6.45, 7) is 6.71. The maximum atomic E-state index is 12.7. The van der Waals surface area contributed by atoms with Gasteiger partial charge in [-0.1, -0.05) is 11.3 Å². The van der Waals surface area contributed by atoms with E-state index in [1.165, 1.54) is 11.3 Å². The van der Waals surface area contributed by atoms with Crippen molar-refractivity contribution >= 4 is 33.3 Å². The van der Waals surface area contributed by atoms with E-state index in [1.807, 2.05) is 32.9 Å². The van der Waals surface area contributed by atoms with Crippen LogP contribution in [0.15, 0.2) is 24.3 Å². The highest BCUT2D eigenvalue weighted by Crippen LogP contribution is 2.38. The van der Waals surface area contributed by atoms with E-state index >= 15 is 0 Å². The SMILES string of the molecule is CCn1nc(C(=O)Nc2cc(C)nn2-c2nc3cc4c(cc3s2)OCO4)cc1C. The number of nitrogens with zero attached hydrogens (tertiary/aromatic N) is 5. The van der Waals surface area contributed by atoms with E-state index < -0.39 is 0 Å². The number of hydrogen-bond donors (Lipinski definition) is 1.